The maximum absolute atomic E-state index is 12.7. The molecule has 2 aromatic rings. The monoisotopic (exact) mass is 407 g/mol. The number of aryl methyl sites for hydroxylation is 2. The van der Waals surface area contributed by atoms with Crippen LogP contribution in [-0.2, 0) is 10.0 Å². The summed E-state index contributed by atoms with van der Waals surface area (Å²) in [6.45, 7) is 6.99. The maximum Gasteiger partial charge on any atom is 0.293 e. The van der Waals surface area contributed by atoms with E-state index < -0.39 is 20.5 Å². The number of nitro benzene ring substituents is 1. The average molecular weight is 407 g/mol. The fourth-order valence-corrected chi connectivity index (χ4v) is 4.09. The molecule has 2 aromatic carbocycles. The normalized spacial score (nSPS) is 11.9. The summed E-state index contributed by atoms with van der Waals surface area (Å²) in [7, 11) is -2.41. The SMILES string of the molecule is Cc1ccc(NS(=O)(=O)c2ccc(N(C)CC(C)(C)O)c([N+](=O)[O-])c2)c(C)c1. The van der Waals surface area contributed by atoms with Gasteiger partial charge in [-0.1, -0.05) is 17.7 Å². The van der Waals surface area contributed by atoms with Crippen molar-refractivity contribution in [2.24, 2.45) is 0 Å². The van der Waals surface area contributed by atoms with Gasteiger partial charge in [0, 0.05) is 19.7 Å². The molecule has 0 radical (unpaired) electrons. The zero-order chi connectivity index (χ0) is 21.3. The first kappa shape index (κ1) is 21.6. The molecule has 0 fully saturated rings. The molecule has 0 heterocycles. The number of sulfonamides is 1. The molecule has 0 aromatic heterocycles. The van der Waals surface area contributed by atoms with Crippen LogP contribution in [0.5, 0.6) is 0 Å². The number of aliphatic hydroxyl groups is 1. The molecule has 0 aliphatic carbocycles. The number of benzene rings is 2. The molecule has 2 rings (SSSR count). The topological polar surface area (TPSA) is 113 Å². The van der Waals surface area contributed by atoms with E-state index in [0.717, 1.165) is 17.2 Å². The first-order valence-electron chi connectivity index (χ1n) is 8.62. The van der Waals surface area contributed by atoms with Crippen LogP contribution in [0, 0.1) is 24.0 Å². The van der Waals surface area contributed by atoms with Crippen molar-refractivity contribution in [1.29, 1.82) is 0 Å². The van der Waals surface area contributed by atoms with E-state index in [1.165, 1.54) is 17.0 Å². The molecule has 152 valence electrons. The van der Waals surface area contributed by atoms with Crippen molar-refractivity contribution in [1.82, 2.24) is 0 Å². The van der Waals surface area contributed by atoms with Gasteiger partial charge < -0.3 is 10.0 Å². The Bertz CT molecular complexity index is 997. The van der Waals surface area contributed by atoms with Gasteiger partial charge in [-0.25, -0.2) is 8.42 Å². The molecule has 9 heteroatoms. The van der Waals surface area contributed by atoms with E-state index in [1.54, 1.807) is 40.0 Å². The van der Waals surface area contributed by atoms with Crippen molar-refractivity contribution >= 4 is 27.1 Å². The zero-order valence-corrected chi connectivity index (χ0v) is 17.4. The van der Waals surface area contributed by atoms with E-state index >= 15 is 0 Å². The van der Waals surface area contributed by atoms with Gasteiger partial charge in [0.25, 0.3) is 15.7 Å². The van der Waals surface area contributed by atoms with Crippen LogP contribution in [0.25, 0.3) is 0 Å². The van der Waals surface area contributed by atoms with Crippen LogP contribution in [0.1, 0.15) is 25.0 Å². The van der Waals surface area contributed by atoms with Gasteiger partial charge in [0.1, 0.15) is 5.69 Å². The highest BCUT2D eigenvalue weighted by molar-refractivity contribution is 7.92. The molecule has 0 saturated heterocycles. The fraction of sp³-hybridized carbons (Fsp3) is 0.368. The minimum Gasteiger partial charge on any atom is -0.389 e. The molecule has 0 unspecified atom stereocenters. The lowest BCUT2D eigenvalue weighted by atomic mass is 10.1. The van der Waals surface area contributed by atoms with Crippen LogP contribution < -0.4 is 9.62 Å². The summed E-state index contributed by atoms with van der Waals surface area (Å²) in [6.07, 6.45) is 0. The minimum atomic E-state index is -4.00. The number of nitrogens with one attached hydrogen (secondary N) is 1. The van der Waals surface area contributed by atoms with Crippen LogP contribution in [0.15, 0.2) is 41.3 Å². The molecule has 0 spiro atoms. The van der Waals surface area contributed by atoms with Gasteiger partial charge >= 0.3 is 0 Å². The molecule has 0 saturated carbocycles. The third kappa shape index (κ3) is 5.20. The Kier molecular flexibility index (Phi) is 6.00. The van der Waals surface area contributed by atoms with E-state index in [1.807, 2.05) is 13.0 Å². The Hall–Kier alpha value is -2.65. The van der Waals surface area contributed by atoms with Crippen LogP contribution in [-0.4, -0.2) is 37.6 Å². The number of likely N-dealkylation sites (N-methyl/N-ethyl adjacent to an activating group) is 1. The molecule has 0 bridgehead atoms. The second kappa shape index (κ2) is 7.76. The largest absolute Gasteiger partial charge is 0.389 e. The predicted molar refractivity (Wildman–Crippen MR) is 109 cm³/mol. The van der Waals surface area contributed by atoms with E-state index in [9.17, 15) is 23.6 Å². The Labute approximate surface area is 165 Å². The lowest BCUT2D eigenvalue weighted by molar-refractivity contribution is -0.384. The van der Waals surface area contributed by atoms with Crippen molar-refractivity contribution in [3.63, 3.8) is 0 Å². The van der Waals surface area contributed by atoms with Crippen molar-refractivity contribution in [2.45, 2.75) is 38.2 Å². The minimum absolute atomic E-state index is 0.140. The number of nitro groups is 1. The number of rotatable bonds is 7. The summed E-state index contributed by atoms with van der Waals surface area (Å²) >= 11 is 0. The third-order valence-electron chi connectivity index (χ3n) is 4.12. The van der Waals surface area contributed by atoms with Crippen molar-refractivity contribution < 1.29 is 18.4 Å². The van der Waals surface area contributed by atoms with Gasteiger partial charge in [0.15, 0.2) is 0 Å². The van der Waals surface area contributed by atoms with Gasteiger partial charge in [0.05, 0.1) is 21.1 Å². The summed E-state index contributed by atoms with van der Waals surface area (Å²) in [4.78, 5) is 12.2. The highest BCUT2D eigenvalue weighted by Gasteiger charge is 2.26. The molecular formula is C19H25N3O5S. The van der Waals surface area contributed by atoms with Crippen LogP contribution in [0.4, 0.5) is 17.1 Å². The lowest BCUT2D eigenvalue weighted by Crippen LogP contribution is -2.36. The van der Waals surface area contributed by atoms with Gasteiger partial charge in [-0.2, -0.15) is 0 Å². The molecule has 0 amide bonds. The first-order valence-corrected chi connectivity index (χ1v) is 10.1. The Balaban J connectivity index is 2.43. The Morgan fingerprint density at radius 1 is 1.18 bits per heavy atom. The van der Waals surface area contributed by atoms with Gasteiger partial charge in [-0.05, 0) is 51.5 Å². The molecular weight excluding hydrogens is 382 g/mol. The van der Waals surface area contributed by atoms with Crippen LogP contribution >= 0.6 is 0 Å². The van der Waals surface area contributed by atoms with Crippen molar-refractivity contribution in [3.8, 4) is 0 Å². The summed E-state index contributed by atoms with van der Waals surface area (Å²) in [5.74, 6) is 0. The number of anilines is 2. The standard InChI is InChI=1S/C19H25N3O5S/c1-13-6-8-16(14(2)10-13)20-28(26,27)15-7-9-17(18(11-15)22(24)25)21(5)12-19(3,4)23/h6-11,20,23H,12H2,1-5H3. The summed E-state index contributed by atoms with van der Waals surface area (Å²) in [5, 5.41) is 21.5. The number of nitrogens with zero attached hydrogens (tertiary/aromatic N) is 2. The van der Waals surface area contributed by atoms with Crippen molar-refractivity contribution in [2.75, 3.05) is 23.2 Å². The highest BCUT2D eigenvalue weighted by atomic mass is 32.2. The maximum atomic E-state index is 12.7. The van der Waals surface area contributed by atoms with E-state index in [4.69, 9.17) is 0 Å². The summed E-state index contributed by atoms with van der Waals surface area (Å²) in [5.41, 5.74) is 0.956. The zero-order valence-electron chi connectivity index (χ0n) is 16.6. The Morgan fingerprint density at radius 2 is 1.82 bits per heavy atom. The van der Waals surface area contributed by atoms with Gasteiger partial charge in [-0.15, -0.1) is 0 Å². The smallest absolute Gasteiger partial charge is 0.293 e. The first-order chi connectivity index (χ1) is 12.8. The lowest BCUT2D eigenvalue weighted by Gasteiger charge is -2.27. The number of hydrogen-bond donors (Lipinski definition) is 2. The molecule has 0 aliphatic heterocycles. The molecule has 28 heavy (non-hydrogen) atoms. The highest BCUT2D eigenvalue weighted by Crippen LogP contribution is 2.32. The van der Waals surface area contributed by atoms with Crippen LogP contribution in [0.3, 0.4) is 0 Å². The second-order valence-corrected chi connectivity index (χ2v) is 9.18. The predicted octanol–water partition coefficient (Wildman–Crippen LogP) is 3.22. The molecule has 0 aliphatic rings. The van der Waals surface area contributed by atoms with Gasteiger partial charge in [-0.3, -0.25) is 14.8 Å². The summed E-state index contributed by atoms with van der Waals surface area (Å²) in [6, 6.07) is 9.00. The van der Waals surface area contributed by atoms with Crippen molar-refractivity contribution in [3.05, 3.63) is 57.6 Å². The van der Waals surface area contributed by atoms with E-state index in [2.05, 4.69) is 4.72 Å². The third-order valence-corrected chi connectivity index (χ3v) is 5.48. The molecule has 0 atom stereocenters. The van der Waals surface area contributed by atoms with Crippen LogP contribution in [0.2, 0.25) is 0 Å². The second-order valence-electron chi connectivity index (χ2n) is 7.50. The average Bonchev–Trinajstić information content (AvgIpc) is 2.55. The molecule has 8 nitrogen and oxygen atoms in total. The van der Waals surface area contributed by atoms with E-state index in [0.29, 0.717) is 5.69 Å². The van der Waals surface area contributed by atoms with E-state index in [-0.39, 0.29) is 22.8 Å². The Morgan fingerprint density at radius 3 is 2.36 bits per heavy atom. The molecule has 2 N–H and O–H groups in total. The van der Waals surface area contributed by atoms with Gasteiger partial charge in [0.2, 0.25) is 0 Å². The number of hydrogen-bond acceptors (Lipinski definition) is 6. The fourth-order valence-electron chi connectivity index (χ4n) is 2.94. The quantitative estimate of drug-likeness (QED) is 0.538. The summed E-state index contributed by atoms with van der Waals surface area (Å²) < 4.78 is 28.0.